The second kappa shape index (κ2) is 11.8. The summed E-state index contributed by atoms with van der Waals surface area (Å²) in [4.78, 5) is 9.06. The van der Waals surface area contributed by atoms with E-state index < -0.39 is 0 Å². The van der Waals surface area contributed by atoms with Gasteiger partial charge in [-0.1, -0.05) is 80.9 Å². The molecule has 0 atom stereocenters. The Labute approximate surface area is 284 Å². The third kappa shape index (κ3) is 5.25. The smallest absolute Gasteiger partial charge is 0.135 e. The van der Waals surface area contributed by atoms with Crippen molar-refractivity contribution in [2.75, 3.05) is 9.80 Å². The summed E-state index contributed by atoms with van der Waals surface area (Å²) < 4.78 is 8.76. The van der Waals surface area contributed by atoms with Gasteiger partial charge >= 0.3 is 0 Å². The van der Waals surface area contributed by atoms with E-state index in [1.165, 1.54) is 0 Å². The van der Waals surface area contributed by atoms with Gasteiger partial charge in [-0.05, 0) is 53.3 Å². The van der Waals surface area contributed by atoms with E-state index in [1.54, 1.807) is 0 Å². The zero-order chi connectivity index (χ0) is 30.5. The SMILES string of the molecule is CC(C)(C)c1cc(Oc2[c-]c3c(cc2)c2ccccc2n3-c2ccccn2)[c-]c(N2[CH-]N(c3ccccc3)c3ccccc32)c1.[Pt]. The van der Waals surface area contributed by atoms with Crippen LogP contribution in [0.5, 0.6) is 11.5 Å². The molecule has 0 fully saturated rings. The number of benzene rings is 5. The Bertz CT molecular complexity index is 2170. The fourth-order valence-electron chi connectivity index (χ4n) is 6.02. The van der Waals surface area contributed by atoms with Crippen molar-refractivity contribution < 1.29 is 25.8 Å². The van der Waals surface area contributed by atoms with Gasteiger partial charge in [0.2, 0.25) is 0 Å². The molecule has 0 unspecified atom stereocenters. The monoisotopic (exact) mass is 778 g/mol. The summed E-state index contributed by atoms with van der Waals surface area (Å²) in [6.07, 6.45) is 1.82. The van der Waals surface area contributed by atoms with Crippen LogP contribution in [0.15, 0.2) is 128 Å². The van der Waals surface area contributed by atoms with Gasteiger partial charge in [0.1, 0.15) is 5.82 Å². The standard InChI is InChI=1S/C40H31N4O.Pt/c1-40(2,3)28-23-30(43-27-42(29-13-5-4-6-14-29)36-17-9-10-18-37(36)43)25-32(24-28)45-31-20-21-34-33-15-7-8-16-35(33)44(38(34)26-31)39-19-11-12-22-41-39;/h4-24,27H,1-3H3;/q-3;. The van der Waals surface area contributed by atoms with Crippen LogP contribution in [-0.2, 0) is 26.5 Å². The number of pyridine rings is 1. The Morgan fingerprint density at radius 3 is 2.15 bits per heavy atom. The molecule has 0 spiro atoms. The number of hydrogen-bond donors (Lipinski definition) is 0. The van der Waals surface area contributed by atoms with Gasteiger partial charge in [-0.3, -0.25) is 0 Å². The number of hydrogen-bond acceptors (Lipinski definition) is 4. The number of rotatable bonds is 5. The minimum Gasteiger partial charge on any atom is -0.509 e. The Hall–Kier alpha value is -4.86. The van der Waals surface area contributed by atoms with Crippen LogP contribution in [0.1, 0.15) is 26.3 Å². The summed E-state index contributed by atoms with van der Waals surface area (Å²) >= 11 is 0. The van der Waals surface area contributed by atoms with Crippen molar-refractivity contribution in [2.45, 2.75) is 26.2 Å². The Morgan fingerprint density at radius 1 is 0.674 bits per heavy atom. The minimum absolute atomic E-state index is 0. The average Bonchev–Trinajstić information content (AvgIpc) is 3.61. The molecule has 8 rings (SSSR count). The summed E-state index contributed by atoms with van der Waals surface area (Å²) in [5.41, 5.74) is 7.24. The summed E-state index contributed by atoms with van der Waals surface area (Å²) in [5.74, 6) is 2.09. The Kier molecular flexibility index (Phi) is 7.66. The largest absolute Gasteiger partial charge is 0.509 e. The van der Waals surface area contributed by atoms with E-state index in [4.69, 9.17) is 4.74 Å². The molecular weight excluding hydrogens is 748 g/mol. The number of ether oxygens (including phenoxy) is 1. The fraction of sp³-hybridized carbons (Fsp3) is 0.100. The molecule has 5 nitrogen and oxygen atoms in total. The van der Waals surface area contributed by atoms with Crippen LogP contribution in [0.4, 0.5) is 22.7 Å². The second-order valence-corrected chi connectivity index (χ2v) is 12.3. The maximum absolute atomic E-state index is 6.61. The van der Waals surface area contributed by atoms with Gasteiger partial charge in [0, 0.05) is 61.3 Å². The van der Waals surface area contributed by atoms with Crippen LogP contribution < -0.4 is 14.5 Å². The maximum atomic E-state index is 6.61. The normalized spacial score (nSPS) is 12.8. The molecular formula is C40H31N4OPt-3. The molecule has 0 bridgehead atoms. The van der Waals surface area contributed by atoms with E-state index in [2.05, 4.69) is 150 Å². The quantitative estimate of drug-likeness (QED) is 0.163. The van der Waals surface area contributed by atoms with Crippen LogP contribution in [0.25, 0.3) is 27.6 Å². The van der Waals surface area contributed by atoms with E-state index >= 15 is 0 Å². The molecule has 0 N–H and O–H groups in total. The average molecular weight is 779 g/mol. The van der Waals surface area contributed by atoms with Crippen LogP contribution in [0.2, 0.25) is 0 Å². The zero-order valence-electron chi connectivity index (χ0n) is 25.7. The molecule has 3 heterocycles. The first-order chi connectivity index (χ1) is 21.9. The van der Waals surface area contributed by atoms with Crippen molar-refractivity contribution in [3.63, 3.8) is 0 Å². The van der Waals surface area contributed by atoms with E-state index in [1.807, 2.05) is 36.5 Å². The minimum atomic E-state index is -0.112. The van der Waals surface area contributed by atoms with E-state index in [0.717, 1.165) is 55.9 Å². The van der Waals surface area contributed by atoms with Crippen molar-refractivity contribution >= 4 is 44.6 Å². The van der Waals surface area contributed by atoms with Gasteiger partial charge in [0.15, 0.2) is 0 Å². The molecule has 7 aromatic rings. The first-order valence-electron chi connectivity index (χ1n) is 15.1. The summed E-state index contributed by atoms with van der Waals surface area (Å²) in [6, 6.07) is 48.7. The summed E-state index contributed by atoms with van der Waals surface area (Å²) in [7, 11) is 0. The molecule has 0 amide bonds. The van der Waals surface area contributed by atoms with Crippen LogP contribution in [-0.4, -0.2) is 9.55 Å². The van der Waals surface area contributed by atoms with Gasteiger partial charge in [-0.15, -0.1) is 53.6 Å². The van der Waals surface area contributed by atoms with Gasteiger partial charge < -0.3 is 19.1 Å². The Morgan fingerprint density at radius 2 is 1.39 bits per heavy atom. The van der Waals surface area contributed by atoms with Crippen LogP contribution in [0, 0.1) is 18.8 Å². The van der Waals surface area contributed by atoms with Gasteiger partial charge in [-0.2, -0.15) is 6.07 Å². The molecule has 0 aliphatic carbocycles. The number of anilines is 4. The van der Waals surface area contributed by atoms with E-state index in [-0.39, 0.29) is 26.5 Å². The van der Waals surface area contributed by atoms with Crippen molar-refractivity contribution in [3.8, 4) is 17.3 Å². The predicted octanol–water partition coefficient (Wildman–Crippen LogP) is 10.3. The van der Waals surface area contributed by atoms with Crippen molar-refractivity contribution in [2.24, 2.45) is 0 Å². The van der Waals surface area contributed by atoms with Gasteiger partial charge in [-0.25, -0.2) is 4.98 Å². The molecule has 0 radical (unpaired) electrons. The molecule has 5 aromatic carbocycles. The van der Waals surface area contributed by atoms with Crippen LogP contribution in [0.3, 0.4) is 0 Å². The first-order valence-corrected chi connectivity index (χ1v) is 15.1. The molecule has 230 valence electrons. The third-order valence-corrected chi connectivity index (χ3v) is 8.28. The molecule has 2 aromatic heterocycles. The van der Waals surface area contributed by atoms with E-state index in [0.29, 0.717) is 11.5 Å². The predicted molar refractivity (Wildman–Crippen MR) is 183 cm³/mol. The number of para-hydroxylation sites is 4. The third-order valence-electron chi connectivity index (χ3n) is 8.28. The van der Waals surface area contributed by atoms with Crippen molar-refractivity contribution in [3.05, 3.63) is 152 Å². The second-order valence-electron chi connectivity index (χ2n) is 12.3. The van der Waals surface area contributed by atoms with E-state index in [9.17, 15) is 0 Å². The zero-order valence-corrected chi connectivity index (χ0v) is 28.0. The molecule has 46 heavy (non-hydrogen) atoms. The van der Waals surface area contributed by atoms with Gasteiger partial charge in [0.05, 0.1) is 0 Å². The Balaban J connectivity index is 0.00000338. The maximum Gasteiger partial charge on any atom is 0.135 e. The molecule has 0 saturated heterocycles. The molecule has 1 aliphatic rings. The first kappa shape index (κ1) is 29.8. The number of fused-ring (bicyclic) bond motifs is 4. The number of aromatic nitrogens is 2. The fourth-order valence-corrected chi connectivity index (χ4v) is 6.02. The summed E-state index contributed by atoms with van der Waals surface area (Å²) in [5, 5.41) is 2.25. The van der Waals surface area contributed by atoms with Gasteiger partial charge in [0.25, 0.3) is 0 Å². The summed E-state index contributed by atoms with van der Waals surface area (Å²) in [6.45, 7) is 8.79. The molecule has 6 heteroatoms. The van der Waals surface area contributed by atoms with Crippen molar-refractivity contribution in [1.82, 2.24) is 9.55 Å². The number of nitrogens with zero attached hydrogens (tertiary/aromatic N) is 4. The van der Waals surface area contributed by atoms with Crippen LogP contribution >= 0.6 is 0 Å². The molecule has 0 saturated carbocycles. The topological polar surface area (TPSA) is 33.5 Å². The molecule has 1 aliphatic heterocycles. The van der Waals surface area contributed by atoms with Crippen molar-refractivity contribution in [1.29, 1.82) is 0 Å².